The lowest BCUT2D eigenvalue weighted by molar-refractivity contribution is 0.855. The van der Waals surface area contributed by atoms with Crippen LogP contribution >= 0.6 is 11.6 Å². The summed E-state index contributed by atoms with van der Waals surface area (Å²) in [4.78, 5) is 6.80. The molecule has 0 unspecified atom stereocenters. The summed E-state index contributed by atoms with van der Waals surface area (Å²) in [7, 11) is 0. The molecule has 0 atom stereocenters. The van der Waals surface area contributed by atoms with Gasteiger partial charge in [0.15, 0.2) is 5.69 Å². The summed E-state index contributed by atoms with van der Waals surface area (Å²) in [5.41, 5.74) is 0.287. The molecular weight excluding hydrogens is 162 g/mol. The van der Waals surface area contributed by atoms with Gasteiger partial charge in [0, 0.05) is 6.42 Å². The van der Waals surface area contributed by atoms with E-state index in [0.29, 0.717) is 5.15 Å². The molecule has 0 aromatic carbocycles. The fourth-order valence-electron chi connectivity index (χ4n) is 0.827. The van der Waals surface area contributed by atoms with Crippen LogP contribution in [0.2, 0.25) is 5.15 Å². The van der Waals surface area contributed by atoms with E-state index in [4.69, 9.17) is 16.9 Å². The lowest BCUT2D eigenvalue weighted by atomic mass is 10.3. The third kappa shape index (κ3) is 1.72. The zero-order chi connectivity index (χ0) is 8.27. The van der Waals surface area contributed by atoms with Gasteiger partial charge in [-0.1, -0.05) is 18.5 Å². The number of rotatable bonds is 2. The van der Waals surface area contributed by atoms with Gasteiger partial charge >= 0.3 is 0 Å². The number of halogens is 1. The van der Waals surface area contributed by atoms with E-state index in [1.807, 2.05) is 13.0 Å². The Labute approximate surface area is 70.0 Å². The number of H-pyrrole nitrogens is 1. The van der Waals surface area contributed by atoms with Crippen LogP contribution < -0.4 is 0 Å². The Morgan fingerprint density at radius 1 is 1.73 bits per heavy atom. The van der Waals surface area contributed by atoms with E-state index in [9.17, 15) is 0 Å². The lowest BCUT2D eigenvalue weighted by Crippen LogP contribution is -1.84. The van der Waals surface area contributed by atoms with Crippen LogP contribution in [0.1, 0.15) is 24.9 Å². The molecule has 0 saturated carbocycles. The van der Waals surface area contributed by atoms with Crippen LogP contribution in [0, 0.1) is 11.3 Å². The molecule has 0 amide bonds. The Kier molecular flexibility index (Phi) is 2.50. The van der Waals surface area contributed by atoms with E-state index in [-0.39, 0.29) is 5.69 Å². The number of aromatic nitrogens is 2. The molecule has 0 aliphatic heterocycles. The van der Waals surface area contributed by atoms with Crippen LogP contribution in [0.3, 0.4) is 0 Å². The van der Waals surface area contributed by atoms with Crippen molar-refractivity contribution in [1.29, 1.82) is 5.26 Å². The van der Waals surface area contributed by atoms with Crippen molar-refractivity contribution in [3.63, 3.8) is 0 Å². The second-order valence-corrected chi connectivity index (χ2v) is 2.59. The molecule has 0 saturated heterocycles. The van der Waals surface area contributed by atoms with Gasteiger partial charge in [-0.3, -0.25) is 0 Å². The Hall–Kier alpha value is -1.01. The first-order valence-electron chi connectivity index (χ1n) is 3.42. The normalized spacial score (nSPS) is 9.55. The minimum atomic E-state index is 0.287. The Morgan fingerprint density at radius 3 is 2.91 bits per heavy atom. The monoisotopic (exact) mass is 169 g/mol. The fraction of sp³-hybridized carbons (Fsp3) is 0.429. The van der Waals surface area contributed by atoms with Crippen LogP contribution in [-0.4, -0.2) is 9.97 Å². The zero-order valence-electron chi connectivity index (χ0n) is 6.19. The van der Waals surface area contributed by atoms with Gasteiger partial charge in [-0.25, -0.2) is 4.98 Å². The first-order valence-corrected chi connectivity index (χ1v) is 3.80. The van der Waals surface area contributed by atoms with Crippen LogP contribution in [-0.2, 0) is 6.42 Å². The van der Waals surface area contributed by atoms with E-state index in [2.05, 4.69) is 9.97 Å². The third-order valence-electron chi connectivity index (χ3n) is 1.30. The molecule has 0 fully saturated rings. The van der Waals surface area contributed by atoms with Gasteiger partial charge < -0.3 is 4.98 Å². The molecule has 0 aliphatic rings. The predicted octanol–water partition coefficient (Wildman–Crippen LogP) is 1.89. The molecule has 1 aromatic rings. The number of aryl methyl sites for hydroxylation is 1. The molecule has 1 aromatic heterocycles. The minimum absolute atomic E-state index is 0.287. The van der Waals surface area contributed by atoms with Crippen LogP contribution in [0.4, 0.5) is 0 Å². The summed E-state index contributed by atoms with van der Waals surface area (Å²) < 4.78 is 0. The average Bonchev–Trinajstić information content (AvgIpc) is 2.32. The van der Waals surface area contributed by atoms with Crippen molar-refractivity contribution in [2.24, 2.45) is 0 Å². The third-order valence-corrected chi connectivity index (χ3v) is 1.57. The largest absolute Gasteiger partial charge is 0.332 e. The second kappa shape index (κ2) is 3.40. The number of imidazole rings is 1. The van der Waals surface area contributed by atoms with E-state index in [0.717, 1.165) is 18.7 Å². The molecule has 4 heteroatoms. The molecule has 0 radical (unpaired) electrons. The predicted molar refractivity (Wildman–Crippen MR) is 42.3 cm³/mol. The van der Waals surface area contributed by atoms with Gasteiger partial charge in [0.25, 0.3) is 0 Å². The number of hydrogen-bond donors (Lipinski definition) is 1. The molecule has 1 N–H and O–H groups in total. The molecule has 1 heterocycles. The van der Waals surface area contributed by atoms with E-state index >= 15 is 0 Å². The Bertz CT molecular complexity index is 284. The van der Waals surface area contributed by atoms with Crippen molar-refractivity contribution in [1.82, 2.24) is 9.97 Å². The summed E-state index contributed by atoms with van der Waals surface area (Å²) in [6.45, 7) is 2.04. The van der Waals surface area contributed by atoms with Crippen LogP contribution in [0.5, 0.6) is 0 Å². The molecule has 0 bridgehead atoms. The van der Waals surface area contributed by atoms with Crippen LogP contribution in [0.15, 0.2) is 0 Å². The van der Waals surface area contributed by atoms with Crippen molar-refractivity contribution in [2.75, 3.05) is 0 Å². The molecule has 0 aliphatic carbocycles. The smallest absolute Gasteiger partial charge is 0.177 e. The van der Waals surface area contributed by atoms with Crippen LogP contribution in [0.25, 0.3) is 0 Å². The highest BCUT2D eigenvalue weighted by Gasteiger charge is 2.05. The number of nitrogens with zero attached hydrogens (tertiary/aromatic N) is 2. The summed E-state index contributed by atoms with van der Waals surface area (Å²) in [5.74, 6) is 0.786. The zero-order valence-corrected chi connectivity index (χ0v) is 6.94. The highest BCUT2D eigenvalue weighted by atomic mass is 35.5. The van der Waals surface area contributed by atoms with E-state index in [1.54, 1.807) is 0 Å². The SMILES string of the molecule is CCCc1nc(C#N)c(Cl)[nH]1. The first-order chi connectivity index (χ1) is 5.27. The Morgan fingerprint density at radius 2 is 2.45 bits per heavy atom. The number of nitrogens with one attached hydrogen (secondary N) is 1. The number of nitriles is 1. The van der Waals surface area contributed by atoms with E-state index < -0.39 is 0 Å². The summed E-state index contributed by atoms with van der Waals surface area (Å²) >= 11 is 5.64. The fourth-order valence-corrected chi connectivity index (χ4v) is 1.02. The topological polar surface area (TPSA) is 52.5 Å². The van der Waals surface area contributed by atoms with Gasteiger partial charge in [0.05, 0.1) is 0 Å². The van der Waals surface area contributed by atoms with Gasteiger partial charge in [0.1, 0.15) is 17.0 Å². The van der Waals surface area contributed by atoms with Gasteiger partial charge in [-0.2, -0.15) is 5.26 Å². The molecule has 11 heavy (non-hydrogen) atoms. The van der Waals surface area contributed by atoms with Crippen molar-refractivity contribution < 1.29 is 0 Å². The minimum Gasteiger partial charge on any atom is -0.332 e. The van der Waals surface area contributed by atoms with Crippen molar-refractivity contribution >= 4 is 11.6 Å². The standard InChI is InChI=1S/C7H8ClN3/c1-2-3-6-10-5(4-9)7(8)11-6/h2-3H2,1H3,(H,10,11). The van der Waals surface area contributed by atoms with E-state index in [1.165, 1.54) is 0 Å². The van der Waals surface area contributed by atoms with Gasteiger partial charge in [-0.05, 0) is 6.42 Å². The maximum absolute atomic E-state index is 8.48. The van der Waals surface area contributed by atoms with Crippen molar-refractivity contribution in [2.45, 2.75) is 19.8 Å². The number of hydrogen-bond acceptors (Lipinski definition) is 2. The molecule has 3 nitrogen and oxygen atoms in total. The maximum atomic E-state index is 8.48. The summed E-state index contributed by atoms with van der Waals surface area (Å²) in [6, 6.07) is 1.90. The van der Waals surface area contributed by atoms with Gasteiger partial charge in [0.2, 0.25) is 0 Å². The second-order valence-electron chi connectivity index (χ2n) is 2.21. The van der Waals surface area contributed by atoms with Crippen molar-refractivity contribution in [3.8, 4) is 6.07 Å². The summed E-state index contributed by atoms with van der Waals surface area (Å²) in [5, 5.41) is 8.83. The molecule has 58 valence electrons. The first kappa shape index (κ1) is 8.09. The maximum Gasteiger partial charge on any atom is 0.177 e. The molecular formula is C7H8ClN3. The summed E-state index contributed by atoms with van der Waals surface area (Å²) in [6.07, 6.45) is 1.83. The van der Waals surface area contributed by atoms with Crippen molar-refractivity contribution in [3.05, 3.63) is 16.7 Å². The lowest BCUT2D eigenvalue weighted by Gasteiger charge is -1.86. The quantitative estimate of drug-likeness (QED) is 0.735. The number of aromatic amines is 1. The Balaban J connectivity index is 2.89. The molecule has 0 spiro atoms. The highest BCUT2D eigenvalue weighted by Crippen LogP contribution is 2.11. The highest BCUT2D eigenvalue weighted by molar-refractivity contribution is 6.30. The molecule has 1 rings (SSSR count). The van der Waals surface area contributed by atoms with Gasteiger partial charge in [-0.15, -0.1) is 0 Å². The average molecular weight is 170 g/mol.